The molecule has 0 aliphatic rings. The highest BCUT2D eigenvalue weighted by Gasteiger charge is 2.15. The van der Waals surface area contributed by atoms with E-state index in [4.69, 9.17) is 0 Å². The van der Waals surface area contributed by atoms with E-state index in [1.165, 1.54) is 0 Å². The number of sulfonamides is 1. The smallest absolute Gasteiger partial charge is 0.271 e. The van der Waals surface area contributed by atoms with E-state index in [0.717, 1.165) is 23.6 Å². The standard InChI is InChI=1S/C22H25N3O3S2/c1-4-25(16(2)3)20-13-11-18(12-14-20)23-22(26)17-7-9-19(10-8-17)24-30(27,28)21-6-5-15-29-21/h5-16,24H,4H2,1-3H3,(H,23,26). The van der Waals surface area contributed by atoms with Crippen LogP contribution in [0.2, 0.25) is 0 Å². The van der Waals surface area contributed by atoms with Crippen LogP contribution in [0, 0.1) is 0 Å². The second kappa shape index (κ2) is 9.32. The van der Waals surface area contributed by atoms with Gasteiger partial charge in [-0.1, -0.05) is 6.07 Å². The lowest BCUT2D eigenvalue weighted by atomic mass is 10.2. The molecule has 3 rings (SSSR count). The topological polar surface area (TPSA) is 78.5 Å². The van der Waals surface area contributed by atoms with Crippen LogP contribution in [-0.2, 0) is 10.0 Å². The third-order valence-corrected chi connectivity index (χ3v) is 7.36. The van der Waals surface area contributed by atoms with E-state index in [0.29, 0.717) is 23.0 Å². The summed E-state index contributed by atoms with van der Waals surface area (Å²) in [4.78, 5) is 14.8. The van der Waals surface area contributed by atoms with Gasteiger partial charge in [0.1, 0.15) is 4.21 Å². The average Bonchev–Trinajstić information content (AvgIpc) is 3.26. The van der Waals surface area contributed by atoms with Crippen LogP contribution in [0.4, 0.5) is 17.1 Å². The molecule has 8 heteroatoms. The van der Waals surface area contributed by atoms with Crippen molar-refractivity contribution >= 4 is 44.3 Å². The maximum atomic E-state index is 12.5. The van der Waals surface area contributed by atoms with Crippen LogP contribution in [0.5, 0.6) is 0 Å². The van der Waals surface area contributed by atoms with E-state index >= 15 is 0 Å². The minimum Gasteiger partial charge on any atom is -0.369 e. The summed E-state index contributed by atoms with van der Waals surface area (Å²) >= 11 is 1.15. The predicted molar refractivity (Wildman–Crippen MR) is 124 cm³/mol. The van der Waals surface area contributed by atoms with Crippen molar-refractivity contribution in [1.29, 1.82) is 0 Å². The molecule has 0 aliphatic heterocycles. The number of nitrogens with one attached hydrogen (secondary N) is 2. The Balaban J connectivity index is 1.65. The maximum Gasteiger partial charge on any atom is 0.271 e. The first-order valence-corrected chi connectivity index (χ1v) is 12.0. The number of hydrogen-bond acceptors (Lipinski definition) is 5. The van der Waals surface area contributed by atoms with Gasteiger partial charge < -0.3 is 10.2 Å². The van der Waals surface area contributed by atoms with Crippen molar-refractivity contribution in [3.63, 3.8) is 0 Å². The summed E-state index contributed by atoms with van der Waals surface area (Å²) in [6, 6.07) is 17.7. The Labute approximate surface area is 181 Å². The van der Waals surface area contributed by atoms with Crippen LogP contribution in [-0.4, -0.2) is 26.9 Å². The number of rotatable bonds is 8. The Morgan fingerprint density at radius 2 is 1.63 bits per heavy atom. The van der Waals surface area contributed by atoms with Gasteiger partial charge in [-0.3, -0.25) is 9.52 Å². The molecule has 30 heavy (non-hydrogen) atoms. The van der Waals surface area contributed by atoms with E-state index < -0.39 is 10.0 Å². The fraction of sp³-hybridized carbons (Fsp3) is 0.227. The minimum absolute atomic E-state index is 0.242. The van der Waals surface area contributed by atoms with Gasteiger partial charge in [0.15, 0.2) is 0 Å². The summed E-state index contributed by atoms with van der Waals surface area (Å²) in [5.74, 6) is -0.258. The van der Waals surface area contributed by atoms with Gasteiger partial charge in [0, 0.05) is 35.2 Å². The zero-order valence-corrected chi connectivity index (χ0v) is 18.8. The summed E-state index contributed by atoms with van der Waals surface area (Å²) < 4.78 is 27.3. The summed E-state index contributed by atoms with van der Waals surface area (Å²) in [7, 11) is -3.61. The van der Waals surface area contributed by atoms with Gasteiger partial charge in [-0.25, -0.2) is 8.42 Å². The number of carbonyl (C=O) groups excluding carboxylic acids is 1. The number of hydrogen-bond donors (Lipinski definition) is 2. The third kappa shape index (κ3) is 5.20. The first-order valence-electron chi connectivity index (χ1n) is 9.64. The maximum absolute atomic E-state index is 12.5. The van der Waals surface area contributed by atoms with Gasteiger partial charge in [0.25, 0.3) is 15.9 Å². The molecule has 0 saturated carbocycles. The van der Waals surface area contributed by atoms with Crippen molar-refractivity contribution in [2.45, 2.75) is 31.0 Å². The number of anilines is 3. The molecule has 1 aromatic heterocycles. The van der Waals surface area contributed by atoms with Crippen LogP contribution in [0.3, 0.4) is 0 Å². The number of nitrogens with zero attached hydrogens (tertiary/aromatic N) is 1. The van der Waals surface area contributed by atoms with E-state index in [-0.39, 0.29) is 10.1 Å². The van der Waals surface area contributed by atoms with Crippen LogP contribution in [0.25, 0.3) is 0 Å². The van der Waals surface area contributed by atoms with E-state index in [9.17, 15) is 13.2 Å². The van der Waals surface area contributed by atoms with Crippen LogP contribution in [0.1, 0.15) is 31.1 Å². The highest BCUT2D eigenvalue weighted by atomic mass is 32.2. The zero-order valence-electron chi connectivity index (χ0n) is 17.1. The van der Waals surface area contributed by atoms with Crippen LogP contribution >= 0.6 is 11.3 Å². The molecule has 3 aromatic rings. The van der Waals surface area contributed by atoms with Gasteiger partial charge in [0.05, 0.1) is 0 Å². The molecule has 1 amide bonds. The van der Waals surface area contributed by atoms with Crippen molar-refractivity contribution in [3.8, 4) is 0 Å². The largest absolute Gasteiger partial charge is 0.369 e. The van der Waals surface area contributed by atoms with Gasteiger partial charge in [-0.05, 0) is 80.7 Å². The normalized spacial score (nSPS) is 11.3. The molecule has 1 heterocycles. The summed E-state index contributed by atoms with van der Waals surface area (Å²) in [5.41, 5.74) is 2.65. The molecule has 2 aromatic carbocycles. The van der Waals surface area contributed by atoms with Crippen molar-refractivity contribution in [1.82, 2.24) is 0 Å². The Morgan fingerprint density at radius 3 is 2.17 bits per heavy atom. The number of benzene rings is 2. The van der Waals surface area contributed by atoms with Crippen molar-refractivity contribution in [2.75, 3.05) is 21.5 Å². The number of amides is 1. The molecule has 158 valence electrons. The fourth-order valence-electron chi connectivity index (χ4n) is 3.10. The highest BCUT2D eigenvalue weighted by molar-refractivity contribution is 7.94. The van der Waals surface area contributed by atoms with E-state index in [1.807, 2.05) is 24.3 Å². The Kier molecular flexibility index (Phi) is 6.79. The summed E-state index contributed by atoms with van der Waals surface area (Å²) in [6.07, 6.45) is 0. The minimum atomic E-state index is -3.61. The van der Waals surface area contributed by atoms with Crippen LogP contribution in [0.15, 0.2) is 70.3 Å². The molecular weight excluding hydrogens is 418 g/mol. The first-order chi connectivity index (χ1) is 14.3. The molecule has 0 atom stereocenters. The molecule has 0 saturated heterocycles. The summed E-state index contributed by atoms with van der Waals surface area (Å²) in [5, 5.41) is 4.57. The predicted octanol–water partition coefficient (Wildman–Crippen LogP) is 5.04. The lowest BCUT2D eigenvalue weighted by molar-refractivity contribution is 0.102. The van der Waals surface area contributed by atoms with Gasteiger partial charge in [-0.15, -0.1) is 11.3 Å². The van der Waals surface area contributed by atoms with E-state index in [1.54, 1.807) is 41.8 Å². The van der Waals surface area contributed by atoms with Crippen LogP contribution < -0.4 is 14.9 Å². The van der Waals surface area contributed by atoms with Crippen molar-refractivity contribution in [2.24, 2.45) is 0 Å². The quantitative estimate of drug-likeness (QED) is 0.511. The molecule has 0 bridgehead atoms. The van der Waals surface area contributed by atoms with Gasteiger partial charge in [-0.2, -0.15) is 0 Å². The average molecular weight is 444 g/mol. The van der Waals surface area contributed by atoms with Gasteiger partial charge in [0.2, 0.25) is 0 Å². The third-order valence-electron chi connectivity index (χ3n) is 4.58. The molecule has 0 aliphatic carbocycles. The highest BCUT2D eigenvalue weighted by Crippen LogP contribution is 2.22. The first kappa shape index (κ1) is 21.9. The molecule has 0 radical (unpaired) electrons. The van der Waals surface area contributed by atoms with E-state index in [2.05, 4.69) is 35.7 Å². The molecule has 6 nitrogen and oxygen atoms in total. The second-order valence-electron chi connectivity index (χ2n) is 7.00. The monoisotopic (exact) mass is 443 g/mol. The SMILES string of the molecule is CCN(c1ccc(NC(=O)c2ccc(NS(=O)(=O)c3cccs3)cc2)cc1)C(C)C. The number of carbonyl (C=O) groups is 1. The second-order valence-corrected chi connectivity index (χ2v) is 9.85. The Morgan fingerprint density at radius 1 is 1.00 bits per heavy atom. The number of thiophene rings is 1. The summed E-state index contributed by atoms with van der Waals surface area (Å²) in [6.45, 7) is 7.30. The molecule has 0 spiro atoms. The van der Waals surface area contributed by atoms with Crippen molar-refractivity contribution < 1.29 is 13.2 Å². The van der Waals surface area contributed by atoms with Crippen molar-refractivity contribution in [3.05, 3.63) is 71.6 Å². The molecule has 2 N–H and O–H groups in total. The zero-order chi connectivity index (χ0) is 21.7. The lowest BCUT2D eigenvalue weighted by Gasteiger charge is -2.27. The Hall–Kier alpha value is -2.84. The molecular formula is C22H25N3O3S2. The lowest BCUT2D eigenvalue weighted by Crippen LogP contribution is -2.30. The Bertz CT molecular complexity index is 1080. The molecule has 0 fully saturated rings. The molecule has 0 unspecified atom stereocenters. The van der Waals surface area contributed by atoms with Gasteiger partial charge >= 0.3 is 0 Å². The fourth-order valence-corrected chi connectivity index (χ4v) is 5.15.